The molecule has 0 aromatic heterocycles. The Morgan fingerprint density at radius 2 is 1.95 bits per heavy atom. The monoisotopic (exact) mass is 298 g/mol. The maximum absolute atomic E-state index is 13.4. The van der Waals surface area contributed by atoms with Crippen LogP contribution in [0, 0.1) is 15.9 Å². The van der Waals surface area contributed by atoms with Crippen LogP contribution in [0.3, 0.4) is 0 Å². The number of nitrogens with zero attached hydrogens (tertiary/aromatic N) is 2. The van der Waals surface area contributed by atoms with Crippen LogP contribution in [-0.2, 0) is 4.79 Å². The first kappa shape index (κ1) is 16.5. The van der Waals surface area contributed by atoms with E-state index >= 15 is 0 Å². The number of carboxylic acid groups (broad SMARTS) is 1. The number of amides is 1. The van der Waals surface area contributed by atoms with Gasteiger partial charge in [-0.05, 0) is 26.8 Å². The van der Waals surface area contributed by atoms with Crippen LogP contribution < -0.4 is 0 Å². The molecule has 21 heavy (non-hydrogen) atoms. The Kier molecular flexibility index (Phi) is 4.62. The summed E-state index contributed by atoms with van der Waals surface area (Å²) in [6, 6.07) is 2.46. The van der Waals surface area contributed by atoms with E-state index in [1.807, 2.05) is 0 Å². The van der Waals surface area contributed by atoms with E-state index in [-0.39, 0.29) is 12.1 Å². The highest BCUT2D eigenvalue weighted by Gasteiger charge is 2.37. The molecule has 0 aliphatic heterocycles. The summed E-state index contributed by atoms with van der Waals surface area (Å²) in [5.41, 5.74) is -2.35. The number of likely N-dealkylation sites (N-methyl/N-ethyl adjacent to an activating group) is 1. The van der Waals surface area contributed by atoms with Gasteiger partial charge in [-0.2, -0.15) is 0 Å². The predicted octanol–water partition coefficient (Wildman–Crippen LogP) is 2.06. The fraction of sp³-hybridized carbons (Fsp3) is 0.385. The van der Waals surface area contributed by atoms with Gasteiger partial charge in [-0.3, -0.25) is 14.9 Å². The van der Waals surface area contributed by atoms with Crippen LogP contribution in [0.2, 0.25) is 0 Å². The van der Waals surface area contributed by atoms with Gasteiger partial charge in [0.1, 0.15) is 11.4 Å². The Balaban J connectivity index is 3.29. The van der Waals surface area contributed by atoms with Crippen molar-refractivity contribution in [1.29, 1.82) is 0 Å². The lowest BCUT2D eigenvalue weighted by atomic mass is 10.0. The maximum atomic E-state index is 13.4. The first-order valence-electron chi connectivity index (χ1n) is 6.11. The molecule has 1 N–H and O–H groups in total. The number of carbonyl (C=O) groups is 2. The van der Waals surface area contributed by atoms with Crippen molar-refractivity contribution in [1.82, 2.24) is 4.90 Å². The minimum absolute atomic E-state index is 0.0580. The highest BCUT2D eigenvalue weighted by atomic mass is 19.1. The summed E-state index contributed by atoms with van der Waals surface area (Å²) in [5, 5.41) is 19.9. The molecule has 114 valence electrons. The van der Waals surface area contributed by atoms with Gasteiger partial charge in [-0.1, -0.05) is 0 Å². The third-order valence-electron chi connectivity index (χ3n) is 3.10. The van der Waals surface area contributed by atoms with E-state index in [2.05, 4.69) is 0 Å². The Bertz CT molecular complexity index is 600. The van der Waals surface area contributed by atoms with Gasteiger partial charge in [0.25, 0.3) is 11.6 Å². The minimum atomic E-state index is -1.52. The first-order chi connectivity index (χ1) is 9.61. The van der Waals surface area contributed by atoms with Gasteiger partial charge in [0.2, 0.25) is 0 Å². The molecule has 0 bridgehead atoms. The molecule has 1 rings (SSSR count). The SMILES string of the molecule is CCN(C(=O)c1cc(F)cc([N+](=O)[O-])c1)C(C)(C)C(=O)O. The summed E-state index contributed by atoms with van der Waals surface area (Å²) < 4.78 is 13.4. The molecule has 1 amide bonds. The normalized spacial score (nSPS) is 11.0. The van der Waals surface area contributed by atoms with Crippen LogP contribution in [0.1, 0.15) is 31.1 Å². The van der Waals surface area contributed by atoms with Crippen LogP contribution in [0.5, 0.6) is 0 Å². The van der Waals surface area contributed by atoms with Crippen molar-refractivity contribution in [3.8, 4) is 0 Å². The fourth-order valence-corrected chi connectivity index (χ4v) is 1.87. The number of halogens is 1. The number of nitro groups is 1. The van der Waals surface area contributed by atoms with E-state index in [0.717, 1.165) is 17.0 Å². The van der Waals surface area contributed by atoms with Crippen molar-refractivity contribution < 1.29 is 24.0 Å². The molecule has 7 nitrogen and oxygen atoms in total. The number of hydrogen-bond donors (Lipinski definition) is 1. The Morgan fingerprint density at radius 3 is 2.38 bits per heavy atom. The predicted molar refractivity (Wildman–Crippen MR) is 71.5 cm³/mol. The zero-order valence-corrected chi connectivity index (χ0v) is 11.8. The van der Waals surface area contributed by atoms with E-state index < -0.39 is 33.8 Å². The van der Waals surface area contributed by atoms with Crippen molar-refractivity contribution in [3.63, 3.8) is 0 Å². The van der Waals surface area contributed by atoms with Crippen molar-refractivity contribution in [2.45, 2.75) is 26.3 Å². The maximum Gasteiger partial charge on any atom is 0.329 e. The largest absolute Gasteiger partial charge is 0.480 e. The van der Waals surface area contributed by atoms with E-state index in [1.54, 1.807) is 6.92 Å². The summed E-state index contributed by atoms with van der Waals surface area (Å²) in [4.78, 5) is 34.4. The standard InChI is InChI=1S/C13H15FN2O5/c1-4-15(13(2,3)12(18)19)11(17)8-5-9(14)7-10(6-8)16(20)21/h5-7H,4H2,1-3H3,(H,18,19). The van der Waals surface area contributed by atoms with Crippen LogP contribution in [0.15, 0.2) is 18.2 Å². The topological polar surface area (TPSA) is 101 Å². The van der Waals surface area contributed by atoms with Crippen molar-refractivity contribution in [2.24, 2.45) is 0 Å². The smallest absolute Gasteiger partial charge is 0.329 e. The lowest BCUT2D eigenvalue weighted by Gasteiger charge is -2.34. The lowest BCUT2D eigenvalue weighted by Crippen LogP contribution is -2.52. The molecular weight excluding hydrogens is 283 g/mol. The molecule has 0 heterocycles. The molecule has 0 spiro atoms. The van der Waals surface area contributed by atoms with Gasteiger partial charge in [0.15, 0.2) is 0 Å². The number of rotatable bonds is 5. The number of carbonyl (C=O) groups excluding carboxylic acids is 1. The average Bonchev–Trinajstić information content (AvgIpc) is 2.38. The third kappa shape index (κ3) is 3.33. The van der Waals surface area contributed by atoms with Crippen LogP contribution in [-0.4, -0.2) is 38.9 Å². The number of nitro benzene ring substituents is 1. The fourth-order valence-electron chi connectivity index (χ4n) is 1.87. The first-order valence-corrected chi connectivity index (χ1v) is 6.11. The molecule has 0 aliphatic rings. The van der Waals surface area contributed by atoms with Gasteiger partial charge in [-0.25, -0.2) is 9.18 Å². The van der Waals surface area contributed by atoms with Gasteiger partial charge in [-0.15, -0.1) is 0 Å². The number of benzene rings is 1. The quantitative estimate of drug-likeness (QED) is 0.662. The zero-order chi connectivity index (χ0) is 16.4. The molecule has 0 fully saturated rings. The Morgan fingerprint density at radius 1 is 1.38 bits per heavy atom. The van der Waals surface area contributed by atoms with Crippen molar-refractivity contribution in [2.75, 3.05) is 6.54 Å². The molecule has 0 radical (unpaired) electrons. The zero-order valence-electron chi connectivity index (χ0n) is 11.8. The van der Waals surface area contributed by atoms with E-state index in [1.165, 1.54) is 13.8 Å². The molecule has 0 saturated heterocycles. The van der Waals surface area contributed by atoms with Gasteiger partial charge in [0, 0.05) is 18.2 Å². The summed E-state index contributed by atoms with van der Waals surface area (Å²) in [6.45, 7) is 4.27. The molecule has 0 aliphatic carbocycles. The molecule has 0 saturated carbocycles. The number of non-ortho nitro benzene ring substituents is 1. The highest BCUT2D eigenvalue weighted by molar-refractivity contribution is 5.98. The van der Waals surface area contributed by atoms with Crippen LogP contribution in [0.25, 0.3) is 0 Å². The second-order valence-corrected chi connectivity index (χ2v) is 4.87. The molecule has 0 atom stereocenters. The summed E-state index contributed by atoms with van der Waals surface area (Å²) >= 11 is 0. The Labute approximate surface area is 120 Å². The molecule has 8 heteroatoms. The number of carboxylic acids is 1. The molecule has 0 unspecified atom stereocenters. The Hall–Kier alpha value is -2.51. The lowest BCUT2D eigenvalue weighted by molar-refractivity contribution is -0.385. The molecular formula is C13H15FN2O5. The third-order valence-corrected chi connectivity index (χ3v) is 3.10. The number of hydrogen-bond acceptors (Lipinski definition) is 4. The molecule has 1 aromatic rings. The van der Waals surface area contributed by atoms with E-state index in [4.69, 9.17) is 5.11 Å². The van der Waals surface area contributed by atoms with Crippen LogP contribution in [0.4, 0.5) is 10.1 Å². The van der Waals surface area contributed by atoms with Crippen molar-refractivity contribution >= 4 is 17.6 Å². The van der Waals surface area contributed by atoms with Crippen LogP contribution >= 0.6 is 0 Å². The summed E-state index contributed by atoms with van der Waals surface area (Å²) in [5.74, 6) is -2.95. The average molecular weight is 298 g/mol. The second kappa shape index (κ2) is 5.86. The molecule has 1 aromatic carbocycles. The summed E-state index contributed by atoms with van der Waals surface area (Å²) in [7, 11) is 0. The van der Waals surface area contributed by atoms with E-state index in [9.17, 15) is 24.1 Å². The van der Waals surface area contributed by atoms with Gasteiger partial charge < -0.3 is 10.0 Å². The second-order valence-electron chi connectivity index (χ2n) is 4.87. The minimum Gasteiger partial charge on any atom is -0.480 e. The highest BCUT2D eigenvalue weighted by Crippen LogP contribution is 2.22. The van der Waals surface area contributed by atoms with Crippen molar-refractivity contribution in [3.05, 3.63) is 39.7 Å². The van der Waals surface area contributed by atoms with E-state index in [0.29, 0.717) is 6.07 Å². The van der Waals surface area contributed by atoms with Gasteiger partial charge in [0.05, 0.1) is 11.0 Å². The number of aliphatic carboxylic acids is 1. The summed E-state index contributed by atoms with van der Waals surface area (Å²) in [6.07, 6.45) is 0. The van der Waals surface area contributed by atoms with Gasteiger partial charge >= 0.3 is 5.97 Å².